The average Bonchev–Trinajstić information content (AvgIpc) is 2.39. The van der Waals surface area contributed by atoms with Crippen LogP contribution in [0.25, 0.3) is 0 Å². The highest BCUT2D eigenvalue weighted by Gasteiger charge is 2.53. The number of amides is 1. The lowest BCUT2D eigenvalue weighted by Gasteiger charge is -2.44. The topological polar surface area (TPSA) is 177 Å². The summed E-state index contributed by atoms with van der Waals surface area (Å²) in [5.41, 5.74) is 0. The lowest BCUT2D eigenvalue weighted by molar-refractivity contribution is -0.295. The number of carbonyl (C=O) groups is 2. The van der Waals surface area contributed by atoms with E-state index in [2.05, 4.69) is 5.32 Å². The molecule has 1 rings (SSSR count). The molecule has 0 radical (unpaired) electrons. The summed E-state index contributed by atoms with van der Waals surface area (Å²) in [4.78, 5) is 22.1. The van der Waals surface area contributed by atoms with Gasteiger partial charge in [0.05, 0.1) is 18.8 Å². The SMILES string of the molecule is CC(=O)N[C@@H]1[C@@H]([C@@H](O)[C@@H](O)CO)O[C@@](O)(C(=O)O)C[C@H]1O. The molecule has 0 unspecified atom stereocenters. The minimum absolute atomic E-state index is 0.598. The van der Waals surface area contributed by atoms with E-state index in [4.69, 9.17) is 14.9 Å². The van der Waals surface area contributed by atoms with Crippen molar-refractivity contribution in [3.05, 3.63) is 0 Å². The number of aliphatic carboxylic acids is 1. The third-order valence-electron chi connectivity index (χ3n) is 3.21. The van der Waals surface area contributed by atoms with Crippen molar-refractivity contribution in [1.82, 2.24) is 5.32 Å². The first kappa shape index (κ1) is 17.8. The largest absolute Gasteiger partial charge is 0.477 e. The standard InChI is InChI=1S/C11H19NO9/c1-4(14)12-7-5(15)2-11(20,10(18)19)21-9(7)8(17)6(16)3-13/h5-9,13,15-17,20H,2-3H2,1H3,(H,12,14)(H,18,19)/t5-,6+,7+,8+,9+,11-/m1/s1. The van der Waals surface area contributed by atoms with Crippen LogP contribution in [0.4, 0.5) is 0 Å². The highest BCUT2D eigenvalue weighted by molar-refractivity contribution is 5.76. The minimum Gasteiger partial charge on any atom is -0.477 e. The van der Waals surface area contributed by atoms with E-state index >= 15 is 0 Å². The van der Waals surface area contributed by atoms with Crippen molar-refractivity contribution in [2.45, 2.75) is 49.6 Å². The van der Waals surface area contributed by atoms with Crippen molar-refractivity contribution in [1.29, 1.82) is 0 Å². The molecule has 122 valence electrons. The fraction of sp³-hybridized carbons (Fsp3) is 0.818. The van der Waals surface area contributed by atoms with Crippen LogP contribution in [-0.4, -0.2) is 85.4 Å². The van der Waals surface area contributed by atoms with Crippen molar-refractivity contribution >= 4 is 11.9 Å². The van der Waals surface area contributed by atoms with Gasteiger partial charge in [-0.05, 0) is 0 Å². The minimum atomic E-state index is -2.78. The molecule has 1 heterocycles. The Balaban J connectivity index is 3.07. The van der Waals surface area contributed by atoms with E-state index in [1.807, 2.05) is 0 Å². The first-order valence-corrected chi connectivity index (χ1v) is 6.18. The number of aliphatic hydroxyl groups is 5. The quantitative estimate of drug-likeness (QED) is 0.268. The number of hydrogen-bond donors (Lipinski definition) is 7. The van der Waals surface area contributed by atoms with Gasteiger partial charge in [-0.1, -0.05) is 0 Å². The molecule has 0 spiro atoms. The first-order valence-electron chi connectivity index (χ1n) is 6.18. The van der Waals surface area contributed by atoms with Gasteiger partial charge in [-0.15, -0.1) is 0 Å². The Bertz CT molecular complexity index is 403. The number of hydrogen-bond acceptors (Lipinski definition) is 8. The second kappa shape index (κ2) is 6.64. The van der Waals surface area contributed by atoms with Gasteiger partial charge >= 0.3 is 5.97 Å². The molecule has 6 atom stereocenters. The number of carboxylic acid groups (broad SMARTS) is 1. The highest BCUT2D eigenvalue weighted by atomic mass is 16.7. The molecule has 10 heteroatoms. The molecule has 1 fully saturated rings. The van der Waals surface area contributed by atoms with E-state index in [0.717, 1.165) is 6.92 Å². The Kier molecular flexibility index (Phi) is 5.61. The molecule has 0 bridgehead atoms. The van der Waals surface area contributed by atoms with E-state index in [9.17, 15) is 30.0 Å². The monoisotopic (exact) mass is 309 g/mol. The maximum absolute atomic E-state index is 11.1. The molecule has 0 saturated carbocycles. The fourth-order valence-electron chi connectivity index (χ4n) is 2.14. The van der Waals surface area contributed by atoms with E-state index in [1.165, 1.54) is 0 Å². The molecule has 1 amide bonds. The number of ether oxygens (including phenoxy) is 1. The van der Waals surface area contributed by atoms with Gasteiger partial charge in [0, 0.05) is 13.3 Å². The Labute approximate surface area is 119 Å². The summed E-state index contributed by atoms with van der Waals surface area (Å²) in [7, 11) is 0. The third kappa shape index (κ3) is 3.87. The van der Waals surface area contributed by atoms with Crippen molar-refractivity contribution in [2.75, 3.05) is 6.61 Å². The van der Waals surface area contributed by atoms with Crippen LogP contribution in [0, 0.1) is 0 Å². The van der Waals surface area contributed by atoms with Crippen molar-refractivity contribution in [3.8, 4) is 0 Å². The molecule has 0 aromatic rings. The normalized spacial score (nSPS) is 35.8. The summed E-state index contributed by atoms with van der Waals surface area (Å²) in [6.07, 6.45) is -7.48. The Morgan fingerprint density at radius 2 is 2.00 bits per heavy atom. The molecular formula is C11H19NO9. The van der Waals surface area contributed by atoms with Gasteiger partial charge in [-0.25, -0.2) is 4.79 Å². The van der Waals surface area contributed by atoms with Gasteiger partial charge in [0.25, 0.3) is 5.79 Å². The molecule has 0 aromatic carbocycles. The molecule has 10 nitrogen and oxygen atoms in total. The van der Waals surface area contributed by atoms with Crippen LogP contribution in [-0.2, 0) is 14.3 Å². The Morgan fingerprint density at radius 3 is 2.43 bits per heavy atom. The third-order valence-corrected chi connectivity index (χ3v) is 3.21. The predicted octanol–water partition coefficient (Wildman–Crippen LogP) is -3.87. The second-order valence-electron chi connectivity index (χ2n) is 4.91. The lowest BCUT2D eigenvalue weighted by atomic mass is 9.88. The molecule has 1 aliphatic heterocycles. The highest BCUT2D eigenvalue weighted by Crippen LogP contribution is 2.30. The zero-order valence-corrected chi connectivity index (χ0v) is 11.2. The van der Waals surface area contributed by atoms with Crippen LogP contribution < -0.4 is 5.32 Å². The molecular weight excluding hydrogens is 290 g/mol. The van der Waals surface area contributed by atoms with Gasteiger partial charge in [0.2, 0.25) is 5.91 Å². The van der Waals surface area contributed by atoms with Gasteiger partial charge in [-0.3, -0.25) is 4.79 Å². The zero-order chi connectivity index (χ0) is 16.4. The van der Waals surface area contributed by atoms with Gasteiger partial charge in [0.1, 0.15) is 18.3 Å². The number of rotatable bonds is 5. The molecule has 1 aliphatic rings. The van der Waals surface area contributed by atoms with Crippen LogP contribution in [0.2, 0.25) is 0 Å². The zero-order valence-electron chi connectivity index (χ0n) is 11.2. The van der Waals surface area contributed by atoms with Crippen molar-refractivity contribution in [3.63, 3.8) is 0 Å². The van der Waals surface area contributed by atoms with E-state index in [1.54, 1.807) is 0 Å². The van der Waals surface area contributed by atoms with Crippen molar-refractivity contribution in [2.24, 2.45) is 0 Å². The molecule has 0 aliphatic carbocycles. The Morgan fingerprint density at radius 1 is 1.43 bits per heavy atom. The summed E-state index contributed by atoms with van der Waals surface area (Å²) >= 11 is 0. The predicted molar refractivity (Wildman–Crippen MR) is 64.8 cm³/mol. The molecule has 1 saturated heterocycles. The molecule has 7 N–H and O–H groups in total. The summed E-state index contributed by atoms with van der Waals surface area (Å²) in [5, 5.41) is 59.0. The number of nitrogens with one attached hydrogen (secondary N) is 1. The summed E-state index contributed by atoms with van der Waals surface area (Å²) < 4.78 is 4.86. The molecule has 0 aromatic heterocycles. The Hall–Kier alpha value is -1.30. The lowest BCUT2D eigenvalue weighted by Crippen LogP contribution is -2.67. The van der Waals surface area contributed by atoms with E-state index < -0.39 is 61.1 Å². The van der Waals surface area contributed by atoms with E-state index in [-0.39, 0.29) is 0 Å². The number of carbonyl (C=O) groups excluding carboxylic acids is 1. The summed E-state index contributed by atoms with van der Waals surface area (Å²) in [6, 6.07) is -1.27. The smallest absolute Gasteiger partial charge is 0.364 e. The maximum atomic E-state index is 11.1. The van der Waals surface area contributed by atoms with Gasteiger partial charge in [0.15, 0.2) is 0 Å². The van der Waals surface area contributed by atoms with Crippen LogP contribution in [0.1, 0.15) is 13.3 Å². The van der Waals surface area contributed by atoms with Gasteiger partial charge < -0.3 is 40.7 Å². The summed E-state index contributed by atoms with van der Waals surface area (Å²) in [6.45, 7) is 0.256. The first-order chi connectivity index (χ1) is 9.62. The van der Waals surface area contributed by atoms with E-state index in [0.29, 0.717) is 0 Å². The summed E-state index contributed by atoms with van der Waals surface area (Å²) in [5.74, 6) is -5.17. The second-order valence-corrected chi connectivity index (χ2v) is 4.91. The number of aliphatic hydroxyl groups excluding tert-OH is 4. The molecule has 21 heavy (non-hydrogen) atoms. The van der Waals surface area contributed by atoms with Crippen LogP contribution >= 0.6 is 0 Å². The fourth-order valence-corrected chi connectivity index (χ4v) is 2.14. The maximum Gasteiger partial charge on any atom is 0.364 e. The van der Waals surface area contributed by atoms with Gasteiger partial charge in [-0.2, -0.15) is 0 Å². The van der Waals surface area contributed by atoms with Crippen LogP contribution in [0.3, 0.4) is 0 Å². The van der Waals surface area contributed by atoms with Crippen molar-refractivity contribution < 1.29 is 45.0 Å². The number of carboxylic acids is 1. The van der Waals surface area contributed by atoms with Crippen LogP contribution in [0.15, 0.2) is 0 Å². The van der Waals surface area contributed by atoms with Crippen LogP contribution in [0.5, 0.6) is 0 Å². The average molecular weight is 309 g/mol.